The number of fused-ring (bicyclic) bond motifs is 6. The van der Waals surface area contributed by atoms with E-state index in [4.69, 9.17) is 13.9 Å². The maximum Gasteiger partial charge on any atom is 0.336 e. The highest BCUT2D eigenvalue weighted by Crippen LogP contribution is 2.50. The Morgan fingerprint density at radius 3 is 2.61 bits per heavy atom. The molecule has 2 aliphatic heterocycles. The van der Waals surface area contributed by atoms with Crippen LogP contribution >= 0.6 is 0 Å². The van der Waals surface area contributed by atoms with Crippen molar-refractivity contribution in [2.24, 2.45) is 0 Å². The molecule has 3 aromatic rings. The molecule has 158 valence electrons. The first-order valence-electron chi connectivity index (χ1n) is 10.7. The summed E-state index contributed by atoms with van der Waals surface area (Å²) >= 11 is 0. The van der Waals surface area contributed by atoms with E-state index in [9.17, 15) is 9.59 Å². The summed E-state index contributed by atoms with van der Waals surface area (Å²) in [5.41, 5.74) is 2.08. The van der Waals surface area contributed by atoms with Gasteiger partial charge in [0.2, 0.25) is 0 Å². The van der Waals surface area contributed by atoms with E-state index in [2.05, 4.69) is 6.92 Å². The molecule has 1 aromatic heterocycles. The molecule has 5 heteroatoms. The van der Waals surface area contributed by atoms with Gasteiger partial charge in [-0.15, -0.1) is 0 Å². The first-order valence-corrected chi connectivity index (χ1v) is 10.7. The van der Waals surface area contributed by atoms with Gasteiger partial charge in [0.05, 0.1) is 17.4 Å². The molecule has 0 bridgehead atoms. The first-order chi connectivity index (χ1) is 14.9. The second-order valence-corrected chi connectivity index (χ2v) is 8.68. The van der Waals surface area contributed by atoms with Crippen LogP contribution in [0.4, 0.5) is 0 Å². The van der Waals surface area contributed by atoms with Gasteiger partial charge in [0.15, 0.2) is 11.4 Å². The quantitative estimate of drug-likeness (QED) is 0.517. The third-order valence-corrected chi connectivity index (χ3v) is 5.83. The van der Waals surface area contributed by atoms with Gasteiger partial charge in [-0.1, -0.05) is 43.7 Å². The molecule has 0 fully saturated rings. The molecule has 2 aromatic carbocycles. The van der Waals surface area contributed by atoms with Gasteiger partial charge in [-0.3, -0.25) is 4.79 Å². The van der Waals surface area contributed by atoms with Gasteiger partial charge < -0.3 is 13.9 Å². The minimum atomic E-state index is -0.536. The maximum absolute atomic E-state index is 13.4. The van der Waals surface area contributed by atoms with Gasteiger partial charge in [-0.05, 0) is 43.5 Å². The summed E-state index contributed by atoms with van der Waals surface area (Å²) in [5, 5.41) is 0.697. The van der Waals surface area contributed by atoms with Gasteiger partial charge in [0, 0.05) is 6.07 Å². The summed E-state index contributed by atoms with van der Waals surface area (Å²) in [5.74, 6) is 0.934. The Morgan fingerprint density at radius 1 is 1.10 bits per heavy atom. The lowest BCUT2D eigenvalue weighted by Gasteiger charge is -2.33. The van der Waals surface area contributed by atoms with Crippen LogP contribution in [0.2, 0.25) is 0 Å². The van der Waals surface area contributed by atoms with E-state index in [-0.39, 0.29) is 17.8 Å². The molecular formula is C26H24O5. The highest BCUT2D eigenvalue weighted by Gasteiger charge is 2.37. The van der Waals surface area contributed by atoms with Gasteiger partial charge in [-0.2, -0.15) is 0 Å². The Morgan fingerprint density at radius 2 is 1.87 bits per heavy atom. The van der Waals surface area contributed by atoms with Crippen LogP contribution in [0, 0.1) is 0 Å². The normalized spacial score (nSPS) is 18.8. The third kappa shape index (κ3) is 3.25. The number of hydrogen-bond acceptors (Lipinski definition) is 5. The number of rotatable bonds is 3. The number of benzene rings is 2. The van der Waals surface area contributed by atoms with Gasteiger partial charge >= 0.3 is 5.63 Å². The van der Waals surface area contributed by atoms with Crippen molar-refractivity contribution in [2.75, 3.05) is 0 Å². The third-order valence-electron chi connectivity index (χ3n) is 5.83. The van der Waals surface area contributed by atoms with Crippen LogP contribution in [0.3, 0.4) is 0 Å². The predicted octanol–water partition coefficient (Wildman–Crippen LogP) is 5.64. The number of ether oxygens (including phenoxy) is 2. The fraction of sp³-hybridized carbons (Fsp3) is 0.308. The van der Waals surface area contributed by atoms with E-state index >= 15 is 0 Å². The molecule has 3 heterocycles. The number of hydrogen-bond donors (Lipinski definition) is 0. The summed E-state index contributed by atoms with van der Waals surface area (Å²) in [6.07, 6.45) is 5.23. The van der Waals surface area contributed by atoms with E-state index in [0.29, 0.717) is 28.9 Å². The van der Waals surface area contributed by atoms with Crippen molar-refractivity contribution in [3.8, 4) is 11.5 Å². The Balaban J connectivity index is 1.83. The zero-order valence-corrected chi connectivity index (χ0v) is 17.9. The van der Waals surface area contributed by atoms with Crippen molar-refractivity contribution in [1.82, 2.24) is 0 Å². The van der Waals surface area contributed by atoms with E-state index in [1.807, 2.05) is 56.3 Å². The summed E-state index contributed by atoms with van der Waals surface area (Å²) in [6.45, 7) is 5.99. The number of Topliss-reactive ketones (excluding diaryl/α,β-unsaturated/α-hetero) is 1. The summed E-state index contributed by atoms with van der Waals surface area (Å²) in [4.78, 5) is 25.7. The molecule has 0 aliphatic carbocycles. The van der Waals surface area contributed by atoms with E-state index in [1.54, 1.807) is 0 Å². The molecule has 0 saturated carbocycles. The Labute approximate surface area is 180 Å². The maximum atomic E-state index is 13.4. The summed E-state index contributed by atoms with van der Waals surface area (Å²) in [7, 11) is 0. The van der Waals surface area contributed by atoms with Crippen LogP contribution in [-0.2, 0) is 6.42 Å². The van der Waals surface area contributed by atoms with Crippen LogP contribution < -0.4 is 15.1 Å². The van der Waals surface area contributed by atoms with Crippen molar-refractivity contribution in [2.45, 2.75) is 51.7 Å². The van der Waals surface area contributed by atoms with E-state index in [1.165, 1.54) is 6.07 Å². The second kappa shape index (κ2) is 7.12. The number of aryl methyl sites for hydroxylation is 1. The minimum absolute atomic E-state index is 0.0991. The van der Waals surface area contributed by atoms with Gasteiger partial charge in [0.1, 0.15) is 28.8 Å². The van der Waals surface area contributed by atoms with Crippen molar-refractivity contribution >= 4 is 22.8 Å². The molecule has 0 saturated heterocycles. The highest BCUT2D eigenvalue weighted by molar-refractivity contribution is 6.13. The molecule has 1 unspecified atom stereocenters. The van der Waals surface area contributed by atoms with E-state index < -0.39 is 17.3 Å². The molecule has 0 radical (unpaired) electrons. The average molecular weight is 416 g/mol. The number of carbonyl (C=O) groups is 1. The Hall–Kier alpha value is -3.34. The van der Waals surface area contributed by atoms with Crippen LogP contribution in [0.1, 0.15) is 66.8 Å². The molecule has 5 rings (SSSR count). The van der Waals surface area contributed by atoms with Crippen molar-refractivity contribution in [3.63, 3.8) is 0 Å². The van der Waals surface area contributed by atoms with Crippen LogP contribution in [0.25, 0.3) is 17.0 Å². The fourth-order valence-electron chi connectivity index (χ4n) is 4.43. The molecule has 31 heavy (non-hydrogen) atoms. The largest absolute Gasteiger partial charge is 0.484 e. The smallest absolute Gasteiger partial charge is 0.336 e. The van der Waals surface area contributed by atoms with Crippen molar-refractivity contribution < 1.29 is 18.7 Å². The van der Waals surface area contributed by atoms with Crippen molar-refractivity contribution in [3.05, 3.63) is 75.1 Å². The Bertz CT molecular complexity index is 1280. The van der Waals surface area contributed by atoms with E-state index in [0.717, 1.165) is 23.1 Å². The lowest BCUT2D eigenvalue weighted by molar-refractivity contribution is 0.0848. The number of ketones is 1. The lowest BCUT2D eigenvalue weighted by atomic mass is 9.88. The monoisotopic (exact) mass is 416 g/mol. The molecule has 1 atom stereocenters. The number of carbonyl (C=O) groups excluding carboxylic acids is 1. The standard InChI is InChI=1S/C26H24O5/c1-4-8-16-13-20(28)30-25-21(16)24-17(11-12-26(2,3)31-24)23-22(25)18(27)14-19(29-23)15-9-6-5-7-10-15/h5-7,9-13,19H,4,8,14H2,1-3H3. The van der Waals surface area contributed by atoms with Crippen molar-refractivity contribution in [1.29, 1.82) is 0 Å². The zero-order chi connectivity index (χ0) is 21.8. The average Bonchev–Trinajstić information content (AvgIpc) is 2.73. The molecule has 0 spiro atoms. The van der Waals surface area contributed by atoms with Crippen LogP contribution in [0.15, 0.2) is 51.7 Å². The Kier molecular flexibility index (Phi) is 4.50. The van der Waals surface area contributed by atoms with Crippen LogP contribution in [0.5, 0.6) is 11.5 Å². The summed E-state index contributed by atoms with van der Waals surface area (Å²) in [6, 6.07) is 11.2. The fourth-order valence-corrected chi connectivity index (χ4v) is 4.43. The minimum Gasteiger partial charge on any atom is -0.484 e. The van der Waals surface area contributed by atoms with Gasteiger partial charge in [-0.25, -0.2) is 4.79 Å². The first kappa shape index (κ1) is 19.6. The molecule has 0 amide bonds. The molecule has 5 nitrogen and oxygen atoms in total. The van der Waals surface area contributed by atoms with Crippen LogP contribution in [-0.4, -0.2) is 11.4 Å². The van der Waals surface area contributed by atoms with Gasteiger partial charge in [0.25, 0.3) is 0 Å². The highest BCUT2D eigenvalue weighted by atomic mass is 16.5. The summed E-state index contributed by atoms with van der Waals surface area (Å²) < 4.78 is 18.4. The predicted molar refractivity (Wildman–Crippen MR) is 119 cm³/mol. The zero-order valence-electron chi connectivity index (χ0n) is 17.9. The lowest BCUT2D eigenvalue weighted by Crippen LogP contribution is -2.29. The topological polar surface area (TPSA) is 65.7 Å². The molecule has 2 aliphatic rings. The molecule has 0 N–H and O–H groups in total. The SMILES string of the molecule is CCCc1cc(=O)oc2c3c(c4c(c12)OC(C)(C)C=C4)OC(c1ccccc1)CC3=O. The molecular weight excluding hydrogens is 392 g/mol. The second-order valence-electron chi connectivity index (χ2n) is 8.68.